The molecular formula is C16H32N2. The van der Waals surface area contributed by atoms with Gasteiger partial charge in [0.1, 0.15) is 0 Å². The lowest BCUT2D eigenvalue weighted by Gasteiger charge is -2.32. The highest BCUT2D eigenvalue weighted by molar-refractivity contribution is 4.85. The summed E-state index contributed by atoms with van der Waals surface area (Å²) >= 11 is 0. The predicted molar refractivity (Wildman–Crippen MR) is 78.9 cm³/mol. The highest BCUT2D eigenvalue weighted by atomic mass is 15.2. The topological polar surface area (TPSA) is 15.3 Å². The second kappa shape index (κ2) is 7.49. The fourth-order valence-electron chi connectivity index (χ4n) is 3.87. The van der Waals surface area contributed by atoms with Crippen LogP contribution < -0.4 is 5.32 Å². The van der Waals surface area contributed by atoms with Gasteiger partial charge in [-0.3, -0.25) is 0 Å². The van der Waals surface area contributed by atoms with Gasteiger partial charge in [0, 0.05) is 18.6 Å². The lowest BCUT2D eigenvalue weighted by molar-refractivity contribution is 0.190. The van der Waals surface area contributed by atoms with Gasteiger partial charge in [0.05, 0.1) is 0 Å². The van der Waals surface area contributed by atoms with E-state index >= 15 is 0 Å². The summed E-state index contributed by atoms with van der Waals surface area (Å²) in [7, 11) is 2.35. The zero-order valence-corrected chi connectivity index (χ0v) is 12.5. The van der Waals surface area contributed by atoms with Gasteiger partial charge in [0.25, 0.3) is 0 Å². The van der Waals surface area contributed by atoms with E-state index in [2.05, 4.69) is 24.2 Å². The van der Waals surface area contributed by atoms with Crippen molar-refractivity contribution in [3.05, 3.63) is 0 Å². The molecule has 2 fully saturated rings. The molecule has 1 unspecified atom stereocenters. The van der Waals surface area contributed by atoms with Crippen LogP contribution in [-0.4, -0.2) is 37.1 Å². The Kier molecular flexibility index (Phi) is 5.97. The van der Waals surface area contributed by atoms with E-state index in [0.29, 0.717) is 0 Å². The van der Waals surface area contributed by atoms with Gasteiger partial charge in [-0.25, -0.2) is 0 Å². The SMILES string of the molecule is CCCNC(CN(C)C1CCCC1)C1CCCC1. The van der Waals surface area contributed by atoms with Crippen LogP contribution in [0.5, 0.6) is 0 Å². The van der Waals surface area contributed by atoms with Crippen molar-refractivity contribution in [3.63, 3.8) is 0 Å². The first kappa shape index (κ1) is 14.3. The van der Waals surface area contributed by atoms with Crippen molar-refractivity contribution < 1.29 is 0 Å². The van der Waals surface area contributed by atoms with E-state index < -0.39 is 0 Å². The Morgan fingerprint density at radius 2 is 1.67 bits per heavy atom. The summed E-state index contributed by atoms with van der Waals surface area (Å²) in [6.07, 6.45) is 12.9. The van der Waals surface area contributed by atoms with Gasteiger partial charge in [-0.1, -0.05) is 32.6 Å². The molecule has 2 nitrogen and oxygen atoms in total. The molecule has 106 valence electrons. The van der Waals surface area contributed by atoms with E-state index in [1.54, 1.807) is 0 Å². The van der Waals surface area contributed by atoms with Gasteiger partial charge in [-0.2, -0.15) is 0 Å². The number of likely N-dealkylation sites (N-methyl/N-ethyl adjacent to an activating group) is 1. The first-order valence-corrected chi connectivity index (χ1v) is 8.25. The van der Waals surface area contributed by atoms with Gasteiger partial charge in [-0.05, 0) is 51.6 Å². The number of hydrogen-bond donors (Lipinski definition) is 1. The van der Waals surface area contributed by atoms with Crippen LogP contribution in [0.25, 0.3) is 0 Å². The Morgan fingerprint density at radius 3 is 2.28 bits per heavy atom. The molecule has 2 saturated carbocycles. The molecule has 2 aliphatic carbocycles. The molecule has 2 rings (SSSR count). The van der Waals surface area contributed by atoms with Crippen molar-refractivity contribution in [1.29, 1.82) is 0 Å². The first-order chi connectivity index (χ1) is 8.81. The summed E-state index contributed by atoms with van der Waals surface area (Å²) in [5.41, 5.74) is 0. The maximum atomic E-state index is 3.82. The van der Waals surface area contributed by atoms with Crippen LogP contribution in [0.1, 0.15) is 64.7 Å². The molecule has 0 radical (unpaired) electrons. The van der Waals surface area contributed by atoms with Crippen LogP contribution in [0.15, 0.2) is 0 Å². The third kappa shape index (κ3) is 3.96. The lowest BCUT2D eigenvalue weighted by Crippen LogP contribution is -2.46. The summed E-state index contributed by atoms with van der Waals surface area (Å²) in [5, 5.41) is 3.82. The van der Waals surface area contributed by atoms with Crippen molar-refractivity contribution in [3.8, 4) is 0 Å². The van der Waals surface area contributed by atoms with E-state index in [9.17, 15) is 0 Å². The molecule has 0 aromatic carbocycles. The van der Waals surface area contributed by atoms with Crippen molar-refractivity contribution >= 4 is 0 Å². The number of rotatable bonds is 7. The van der Waals surface area contributed by atoms with Gasteiger partial charge in [0.15, 0.2) is 0 Å². The van der Waals surface area contributed by atoms with E-state index in [0.717, 1.165) is 18.0 Å². The molecule has 2 aliphatic rings. The maximum Gasteiger partial charge on any atom is 0.0223 e. The van der Waals surface area contributed by atoms with Crippen LogP contribution in [0, 0.1) is 5.92 Å². The molecule has 0 amide bonds. The fourth-order valence-corrected chi connectivity index (χ4v) is 3.87. The Balaban J connectivity index is 1.82. The third-order valence-electron chi connectivity index (χ3n) is 5.06. The summed E-state index contributed by atoms with van der Waals surface area (Å²) in [6.45, 7) is 4.74. The Hall–Kier alpha value is -0.0800. The molecule has 1 atom stereocenters. The van der Waals surface area contributed by atoms with Crippen molar-refractivity contribution in [2.24, 2.45) is 5.92 Å². The summed E-state index contributed by atoms with van der Waals surface area (Å²) in [6, 6.07) is 1.62. The van der Waals surface area contributed by atoms with Crippen molar-refractivity contribution in [1.82, 2.24) is 10.2 Å². The van der Waals surface area contributed by atoms with Crippen LogP contribution in [-0.2, 0) is 0 Å². The molecule has 0 heterocycles. The molecule has 1 N–H and O–H groups in total. The van der Waals surface area contributed by atoms with Gasteiger partial charge in [-0.15, -0.1) is 0 Å². The molecule has 0 spiro atoms. The number of hydrogen-bond acceptors (Lipinski definition) is 2. The smallest absolute Gasteiger partial charge is 0.0223 e. The normalized spacial score (nSPS) is 24.2. The van der Waals surface area contributed by atoms with Crippen LogP contribution in [0.3, 0.4) is 0 Å². The monoisotopic (exact) mass is 252 g/mol. The average Bonchev–Trinajstić information content (AvgIpc) is 3.04. The highest BCUT2D eigenvalue weighted by Gasteiger charge is 2.28. The lowest BCUT2D eigenvalue weighted by atomic mass is 9.97. The Labute approximate surface area is 114 Å². The van der Waals surface area contributed by atoms with E-state index in [-0.39, 0.29) is 0 Å². The van der Waals surface area contributed by atoms with E-state index in [4.69, 9.17) is 0 Å². The highest BCUT2D eigenvalue weighted by Crippen LogP contribution is 2.29. The number of nitrogens with zero attached hydrogens (tertiary/aromatic N) is 1. The van der Waals surface area contributed by atoms with E-state index in [1.165, 1.54) is 70.9 Å². The summed E-state index contributed by atoms with van der Waals surface area (Å²) in [4.78, 5) is 2.65. The Bertz CT molecular complexity index is 217. The predicted octanol–water partition coefficient (Wildman–Crippen LogP) is 3.42. The minimum absolute atomic E-state index is 0.748. The molecule has 2 heteroatoms. The molecule has 18 heavy (non-hydrogen) atoms. The molecule has 0 aromatic rings. The second-order valence-electron chi connectivity index (χ2n) is 6.48. The largest absolute Gasteiger partial charge is 0.312 e. The zero-order chi connectivity index (χ0) is 12.8. The van der Waals surface area contributed by atoms with Gasteiger partial charge >= 0.3 is 0 Å². The third-order valence-corrected chi connectivity index (χ3v) is 5.06. The first-order valence-electron chi connectivity index (χ1n) is 8.25. The van der Waals surface area contributed by atoms with Crippen molar-refractivity contribution in [2.45, 2.75) is 76.8 Å². The Morgan fingerprint density at radius 1 is 1.06 bits per heavy atom. The summed E-state index contributed by atoms with van der Waals surface area (Å²) in [5.74, 6) is 0.945. The van der Waals surface area contributed by atoms with E-state index in [1.807, 2.05) is 0 Å². The number of nitrogens with one attached hydrogen (secondary N) is 1. The second-order valence-corrected chi connectivity index (χ2v) is 6.48. The summed E-state index contributed by atoms with van der Waals surface area (Å²) < 4.78 is 0. The van der Waals surface area contributed by atoms with Gasteiger partial charge < -0.3 is 10.2 Å². The fraction of sp³-hybridized carbons (Fsp3) is 1.00. The molecule has 0 aliphatic heterocycles. The minimum atomic E-state index is 0.748. The minimum Gasteiger partial charge on any atom is -0.312 e. The van der Waals surface area contributed by atoms with Gasteiger partial charge in [0.2, 0.25) is 0 Å². The maximum absolute atomic E-state index is 3.82. The average molecular weight is 252 g/mol. The van der Waals surface area contributed by atoms with Crippen LogP contribution in [0.4, 0.5) is 0 Å². The van der Waals surface area contributed by atoms with Crippen molar-refractivity contribution in [2.75, 3.05) is 20.1 Å². The molecular weight excluding hydrogens is 220 g/mol. The molecule has 0 saturated heterocycles. The van der Waals surface area contributed by atoms with Crippen LogP contribution >= 0.6 is 0 Å². The zero-order valence-electron chi connectivity index (χ0n) is 12.5. The molecule has 0 aromatic heterocycles. The quantitative estimate of drug-likeness (QED) is 0.747. The standard InChI is InChI=1S/C16H32N2/c1-3-12-17-16(14-8-4-5-9-14)13-18(2)15-10-6-7-11-15/h14-17H,3-13H2,1-2H3. The van der Waals surface area contributed by atoms with Crippen LogP contribution in [0.2, 0.25) is 0 Å². The molecule has 0 bridgehead atoms.